The van der Waals surface area contributed by atoms with E-state index in [4.69, 9.17) is 0 Å². The van der Waals surface area contributed by atoms with E-state index in [-0.39, 0.29) is 5.91 Å². The van der Waals surface area contributed by atoms with Gasteiger partial charge in [-0.2, -0.15) is 0 Å². The molecule has 0 aliphatic carbocycles. The molecule has 0 aromatic heterocycles. The SMILES string of the molecule is CCC[CH2][Sn]([CH2]CCC)([CH2]CCC)[CH](NC(C)=O)C(C)C. The van der Waals surface area contributed by atoms with Crippen molar-refractivity contribution < 1.29 is 4.79 Å². The van der Waals surface area contributed by atoms with E-state index in [1.165, 1.54) is 51.8 Å². The maximum atomic E-state index is 11.7. The number of unbranched alkanes of at least 4 members (excludes halogenated alkanes) is 3. The normalized spacial score (nSPS) is 13.5. The Morgan fingerprint density at radius 2 is 1.29 bits per heavy atom. The van der Waals surface area contributed by atoms with Crippen LogP contribution in [0.1, 0.15) is 80.1 Å². The summed E-state index contributed by atoms with van der Waals surface area (Å²) in [5.41, 5.74) is 0. The van der Waals surface area contributed by atoms with Crippen LogP contribution in [0.4, 0.5) is 0 Å². The first-order valence-electron chi connectivity index (χ1n) is 9.20. The average Bonchev–Trinajstić information content (AvgIpc) is 2.44. The number of carbonyl (C=O) groups is 1. The summed E-state index contributed by atoms with van der Waals surface area (Å²) in [7, 11) is 0. The van der Waals surface area contributed by atoms with Crippen LogP contribution >= 0.6 is 0 Å². The van der Waals surface area contributed by atoms with Gasteiger partial charge in [-0.15, -0.1) is 0 Å². The van der Waals surface area contributed by atoms with Crippen molar-refractivity contribution in [3.05, 3.63) is 0 Å². The molecule has 0 saturated carbocycles. The standard InChI is InChI=1S/C6H12NO.3C4H9.Sn/c1-5(2)4-7-6(3)8;3*1-3-4-2;/h4-5H,1-3H3,(H,7,8);3*1,3-4H2,2H3;. The number of nitrogens with one attached hydrogen (secondary N) is 1. The molecule has 21 heavy (non-hydrogen) atoms. The molecule has 0 aliphatic heterocycles. The molecule has 1 N–H and O–H groups in total. The van der Waals surface area contributed by atoms with Crippen molar-refractivity contribution in [3.63, 3.8) is 0 Å². The Morgan fingerprint density at radius 1 is 0.905 bits per heavy atom. The molecule has 0 aromatic rings. The van der Waals surface area contributed by atoms with Crippen LogP contribution in [0.2, 0.25) is 13.3 Å². The molecule has 0 aromatic carbocycles. The Labute approximate surface area is 137 Å². The van der Waals surface area contributed by atoms with Gasteiger partial charge in [-0.05, 0) is 0 Å². The maximum absolute atomic E-state index is 11.7. The van der Waals surface area contributed by atoms with E-state index in [9.17, 15) is 4.79 Å². The second-order valence-corrected chi connectivity index (χ2v) is 20.9. The molecule has 1 amide bonds. The molecule has 0 saturated heterocycles. The molecule has 0 heterocycles. The van der Waals surface area contributed by atoms with Crippen LogP contribution in [0.5, 0.6) is 0 Å². The van der Waals surface area contributed by atoms with E-state index in [1.54, 1.807) is 6.92 Å². The minimum absolute atomic E-state index is 0.180. The van der Waals surface area contributed by atoms with E-state index >= 15 is 0 Å². The molecule has 0 radical (unpaired) electrons. The van der Waals surface area contributed by atoms with Crippen molar-refractivity contribution >= 4 is 24.3 Å². The third kappa shape index (κ3) is 7.90. The van der Waals surface area contributed by atoms with Crippen LogP contribution in [0.3, 0.4) is 0 Å². The molecular formula is C18H39NOSn. The van der Waals surface area contributed by atoms with Crippen molar-refractivity contribution in [2.45, 2.75) is 97.4 Å². The molecule has 1 atom stereocenters. The van der Waals surface area contributed by atoms with Gasteiger partial charge in [-0.25, -0.2) is 0 Å². The van der Waals surface area contributed by atoms with Crippen LogP contribution < -0.4 is 5.32 Å². The van der Waals surface area contributed by atoms with Crippen molar-refractivity contribution in [2.75, 3.05) is 0 Å². The summed E-state index contributed by atoms with van der Waals surface area (Å²) < 4.78 is 4.93. The van der Waals surface area contributed by atoms with Crippen LogP contribution in [0, 0.1) is 5.92 Å². The third-order valence-corrected chi connectivity index (χ3v) is 22.4. The van der Waals surface area contributed by atoms with Crippen molar-refractivity contribution in [2.24, 2.45) is 5.92 Å². The Morgan fingerprint density at radius 3 is 1.52 bits per heavy atom. The summed E-state index contributed by atoms with van der Waals surface area (Å²) in [6, 6.07) is 0. The molecule has 3 heteroatoms. The fourth-order valence-electron chi connectivity index (χ4n) is 3.67. The fraction of sp³-hybridized carbons (Fsp3) is 0.944. The zero-order chi connectivity index (χ0) is 16.3. The van der Waals surface area contributed by atoms with Gasteiger partial charge in [0.1, 0.15) is 0 Å². The Hall–Kier alpha value is 0.269. The molecular weight excluding hydrogens is 365 g/mol. The zero-order valence-corrected chi connectivity index (χ0v) is 18.3. The molecule has 126 valence electrons. The monoisotopic (exact) mass is 405 g/mol. The first-order valence-corrected chi connectivity index (χ1v) is 16.9. The molecule has 0 spiro atoms. The first kappa shape index (κ1) is 21.3. The van der Waals surface area contributed by atoms with Crippen LogP contribution in [-0.2, 0) is 4.79 Å². The number of amides is 1. The summed E-state index contributed by atoms with van der Waals surface area (Å²) in [6.07, 6.45) is 7.98. The molecule has 0 rings (SSSR count). The molecule has 0 aliphatic rings. The third-order valence-electron chi connectivity index (χ3n) is 4.77. The molecule has 2 nitrogen and oxygen atoms in total. The molecule has 0 fully saturated rings. The van der Waals surface area contributed by atoms with E-state index in [0.29, 0.717) is 9.98 Å². The van der Waals surface area contributed by atoms with Crippen molar-refractivity contribution in [3.8, 4) is 0 Å². The van der Waals surface area contributed by atoms with Crippen LogP contribution in [0.25, 0.3) is 0 Å². The quantitative estimate of drug-likeness (QED) is 0.426. The van der Waals surface area contributed by atoms with Crippen LogP contribution in [-0.4, -0.2) is 28.3 Å². The van der Waals surface area contributed by atoms with Gasteiger partial charge >= 0.3 is 138 Å². The Kier molecular flexibility index (Phi) is 11.9. The van der Waals surface area contributed by atoms with Gasteiger partial charge < -0.3 is 0 Å². The van der Waals surface area contributed by atoms with Gasteiger partial charge in [0.25, 0.3) is 0 Å². The van der Waals surface area contributed by atoms with Crippen molar-refractivity contribution in [1.82, 2.24) is 5.32 Å². The molecule has 0 bridgehead atoms. The van der Waals surface area contributed by atoms with Gasteiger partial charge in [0.2, 0.25) is 0 Å². The summed E-state index contributed by atoms with van der Waals surface area (Å²) >= 11 is -2.34. The van der Waals surface area contributed by atoms with Gasteiger partial charge in [-0.1, -0.05) is 0 Å². The fourth-order valence-corrected chi connectivity index (χ4v) is 23.0. The van der Waals surface area contributed by atoms with Crippen molar-refractivity contribution in [1.29, 1.82) is 0 Å². The second-order valence-electron chi connectivity index (χ2n) is 7.10. The second kappa shape index (κ2) is 11.8. The summed E-state index contributed by atoms with van der Waals surface area (Å²) in [6.45, 7) is 13.2. The van der Waals surface area contributed by atoms with Gasteiger partial charge in [0.05, 0.1) is 0 Å². The summed E-state index contributed by atoms with van der Waals surface area (Å²) in [5, 5.41) is 3.40. The number of carbonyl (C=O) groups excluding carboxylic acids is 1. The van der Waals surface area contributed by atoms with Gasteiger partial charge in [0, 0.05) is 0 Å². The number of hydrogen-bond donors (Lipinski definition) is 1. The summed E-state index contributed by atoms with van der Waals surface area (Å²) in [4.78, 5) is 11.7. The van der Waals surface area contributed by atoms with Gasteiger partial charge in [0.15, 0.2) is 0 Å². The topological polar surface area (TPSA) is 29.1 Å². The first-order chi connectivity index (χ1) is 9.93. The predicted octanol–water partition coefficient (Wildman–Crippen LogP) is 5.54. The Balaban J connectivity index is 5.33. The van der Waals surface area contributed by atoms with E-state index in [2.05, 4.69) is 39.9 Å². The zero-order valence-electron chi connectivity index (χ0n) is 15.4. The van der Waals surface area contributed by atoms with Crippen LogP contribution in [0.15, 0.2) is 0 Å². The predicted molar refractivity (Wildman–Crippen MR) is 97.3 cm³/mol. The summed E-state index contributed by atoms with van der Waals surface area (Å²) in [5.74, 6) is 0.773. The van der Waals surface area contributed by atoms with E-state index in [0.717, 1.165) is 0 Å². The van der Waals surface area contributed by atoms with Gasteiger partial charge in [-0.3, -0.25) is 0 Å². The van der Waals surface area contributed by atoms with E-state index in [1.807, 2.05) is 0 Å². The average molecular weight is 404 g/mol. The number of rotatable bonds is 12. The minimum atomic E-state index is -2.34. The Bertz CT molecular complexity index is 257. The van der Waals surface area contributed by atoms with E-state index < -0.39 is 18.4 Å². The number of hydrogen-bond acceptors (Lipinski definition) is 1. The molecule has 1 unspecified atom stereocenters.